The molecule has 1 aliphatic heterocycles. The molecule has 0 bridgehead atoms. The van der Waals surface area contributed by atoms with Crippen LogP contribution in [0.3, 0.4) is 0 Å². The minimum atomic E-state index is -4.26. The van der Waals surface area contributed by atoms with Gasteiger partial charge in [0, 0.05) is 54.3 Å². The van der Waals surface area contributed by atoms with Gasteiger partial charge in [-0.05, 0) is 24.1 Å². The van der Waals surface area contributed by atoms with Crippen molar-refractivity contribution < 1.29 is 74.8 Å². The molecule has 63 heavy (non-hydrogen) atoms. The van der Waals surface area contributed by atoms with Crippen molar-refractivity contribution in [1.82, 2.24) is 14.9 Å². The van der Waals surface area contributed by atoms with E-state index in [4.69, 9.17) is 18.9 Å². The Kier molecular flexibility index (Phi) is 14.6. The zero-order valence-corrected chi connectivity index (χ0v) is 34.8. The monoisotopic (exact) mass is 918 g/mol. The van der Waals surface area contributed by atoms with Crippen LogP contribution in [0.2, 0.25) is 0 Å². The lowest BCUT2D eigenvalue weighted by Gasteiger charge is -2.39. The number of nitrogens with zero attached hydrogens (tertiary/aromatic N) is 3. The summed E-state index contributed by atoms with van der Waals surface area (Å²) in [5, 5.41) is 58.7. The molecule has 0 radical (unpaired) electrons. The van der Waals surface area contributed by atoms with Crippen molar-refractivity contribution in [3.63, 3.8) is 0 Å². The van der Waals surface area contributed by atoms with Crippen LogP contribution in [0.4, 0.5) is 16.2 Å². The van der Waals surface area contributed by atoms with Gasteiger partial charge in [-0.1, -0.05) is 30.3 Å². The Morgan fingerprint density at radius 2 is 1.57 bits per heavy atom. The number of nitrogens with one attached hydrogen (secondary N) is 2. The Hall–Kier alpha value is -5.86. The number of rotatable bonds is 17. The number of aromatic nitrogens is 1. The van der Waals surface area contributed by atoms with Gasteiger partial charge in [0.15, 0.2) is 17.1 Å². The molecule has 0 aromatic heterocycles. The van der Waals surface area contributed by atoms with Crippen LogP contribution in [0.25, 0.3) is 33.3 Å². The molecule has 0 saturated heterocycles. The van der Waals surface area contributed by atoms with Crippen molar-refractivity contribution in [1.29, 1.82) is 0 Å². The van der Waals surface area contributed by atoms with E-state index in [1.54, 1.807) is 47.0 Å². The number of benzene rings is 4. The fraction of sp³-hybridized carbons (Fsp3) is 0.385. The second-order valence-corrected chi connectivity index (χ2v) is 17.9. The summed E-state index contributed by atoms with van der Waals surface area (Å²) in [6.45, 7) is -1.33. The van der Waals surface area contributed by atoms with Crippen LogP contribution in [0.5, 0.6) is 5.75 Å². The lowest BCUT2D eigenvalue weighted by molar-refractivity contribution is -0.386. The maximum Gasteiger partial charge on any atom is 0.407 e. The normalized spacial score (nSPS) is 19.2. The van der Waals surface area contributed by atoms with Crippen LogP contribution in [-0.4, -0.2) is 130 Å². The number of nitro groups is 1. The highest BCUT2D eigenvalue weighted by Gasteiger charge is 2.44. The molecule has 4 unspecified atom stereocenters. The first-order valence-electron chi connectivity index (χ1n) is 19.3. The lowest BCUT2D eigenvalue weighted by atomic mass is 9.81. The smallest absolute Gasteiger partial charge is 0.407 e. The first-order chi connectivity index (χ1) is 29.8. The van der Waals surface area contributed by atoms with Crippen molar-refractivity contribution in [3.8, 4) is 17.2 Å². The van der Waals surface area contributed by atoms with Crippen LogP contribution in [-0.2, 0) is 36.4 Å². The van der Waals surface area contributed by atoms with Crippen molar-refractivity contribution >= 4 is 65.5 Å². The third-order valence-corrected chi connectivity index (χ3v) is 11.9. The highest BCUT2D eigenvalue weighted by molar-refractivity contribution is 7.86. The molecular weight excluding hydrogens is 875 g/mol. The number of carbonyl (C=O) groups is 2. The van der Waals surface area contributed by atoms with E-state index in [-0.39, 0.29) is 55.0 Å². The molecule has 0 spiro atoms. The number of hydrogen-bond acceptors (Lipinski definition) is 16. The second kappa shape index (κ2) is 19.7. The fourth-order valence-corrected chi connectivity index (χ4v) is 8.16. The first-order valence-corrected chi connectivity index (χ1v) is 22.6. The van der Waals surface area contributed by atoms with Crippen LogP contribution in [0.1, 0.15) is 24.8 Å². The van der Waals surface area contributed by atoms with Crippen LogP contribution >= 0.6 is 0 Å². The number of ether oxygens (including phenoxy) is 2. The summed E-state index contributed by atoms with van der Waals surface area (Å²) in [5.74, 6) is -2.58. The highest BCUT2D eigenvalue weighted by Crippen LogP contribution is 2.35. The van der Waals surface area contributed by atoms with Gasteiger partial charge in [-0.15, -0.1) is 0 Å². The standard InChI is InChI=1S/C39H43N5O17S2/c45-20-23-16-33(37(48)38(49)36(23)47)60-30-10-7-22(15-29(30)44(51)52)21-59-39(50)40-19-34(46)41-28-18-32-35(26-6-2-1-5-25(26)28)42-27-9-8-24(17-31(27)61-32)43(11-3-13-62(53,54)55)12-4-14-63(56,57)58/h1-2,5-10,15,17-18,23,33,36-38,45,47-49H,3-4,11-14,16,19-21H2,(H3,40,50,53,54,55,56,57,58)/p+1/t23?,33?,36?,37-,38?/m1/s1. The minimum absolute atomic E-state index is 0.00881. The Morgan fingerprint density at radius 1 is 0.889 bits per heavy atom. The van der Waals surface area contributed by atoms with Gasteiger partial charge in [-0.25, -0.2) is 14.4 Å². The number of hydrogen-bond donors (Lipinski definition) is 8. The predicted octanol–water partition coefficient (Wildman–Crippen LogP) is 1.03. The molecule has 2 amide bonds. The van der Waals surface area contributed by atoms with Crippen molar-refractivity contribution in [2.24, 2.45) is 5.92 Å². The van der Waals surface area contributed by atoms with Gasteiger partial charge in [-0.3, -0.25) is 24.0 Å². The summed E-state index contributed by atoms with van der Waals surface area (Å²) >= 11 is 0. The Balaban J connectivity index is 1.14. The van der Waals surface area contributed by atoms with E-state index >= 15 is 0 Å². The Morgan fingerprint density at radius 3 is 2.22 bits per heavy atom. The SMILES string of the molecule is O=C(CNC(=O)OCc1ccc(OC2CC(CO)C(O)C(O)[C@@H]2O)c([N+](=O)[O-])c1)Nc1cc2oc3cc(=[N+](CCCS(=O)(=O)O)CCCS(=O)(=O)O)ccc-3nc2c2ccccc12. The Bertz CT molecular complexity index is 2740. The van der Waals surface area contributed by atoms with Gasteiger partial charge >= 0.3 is 11.8 Å². The number of alkyl carbamates (subject to hydrolysis) is 1. The van der Waals surface area contributed by atoms with E-state index in [0.717, 1.165) is 6.07 Å². The molecule has 3 aliphatic rings. The molecule has 24 heteroatoms. The molecule has 338 valence electrons. The van der Waals surface area contributed by atoms with Gasteiger partial charge in [-0.2, -0.15) is 16.8 Å². The highest BCUT2D eigenvalue weighted by atomic mass is 32.2. The minimum Gasteiger partial charge on any atom is -0.481 e. The zero-order chi connectivity index (χ0) is 45.6. The molecule has 1 fully saturated rings. The molecule has 2 aliphatic carbocycles. The Labute approximate surface area is 358 Å². The average molecular weight is 919 g/mol. The number of anilines is 1. The van der Waals surface area contributed by atoms with Gasteiger partial charge < -0.3 is 45.0 Å². The molecular formula is C39H44N5O17S2+. The second-order valence-electron chi connectivity index (χ2n) is 14.8. The topological polar surface area (TPSA) is 338 Å². The molecule has 3 aromatic rings. The van der Waals surface area contributed by atoms with Gasteiger partial charge in [0.1, 0.15) is 55.8 Å². The van der Waals surface area contributed by atoms with E-state index in [9.17, 15) is 66.1 Å². The number of fused-ring (bicyclic) bond motifs is 4. The molecule has 1 heterocycles. The maximum absolute atomic E-state index is 13.1. The van der Waals surface area contributed by atoms with Crippen LogP contribution in [0, 0.1) is 16.0 Å². The molecule has 22 nitrogen and oxygen atoms in total. The van der Waals surface area contributed by atoms with Crippen LogP contribution in [0.15, 0.2) is 71.1 Å². The molecule has 5 atom stereocenters. The van der Waals surface area contributed by atoms with Gasteiger partial charge in [0.2, 0.25) is 11.3 Å². The molecule has 6 rings (SSSR count). The van der Waals surface area contributed by atoms with E-state index < -0.39 is 104 Å². The largest absolute Gasteiger partial charge is 0.481 e. The number of aliphatic hydroxyl groups is 4. The summed E-state index contributed by atoms with van der Waals surface area (Å²) in [5.41, 5.74) is 1.05. The predicted molar refractivity (Wildman–Crippen MR) is 223 cm³/mol. The third kappa shape index (κ3) is 12.0. The van der Waals surface area contributed by atoms with E-state index in [1.165, 1.54) is 18.2 Å². The summed E-state index contributed by atoms with van der Waals surface area (Å²) in [4.78, 5) is 41.6. The van der Waals surface area contributed by atoms with E-state index in [0.29, 0.717) is 33.0 Å². The zero-order valence-electron chi connectivity index (χ0n) is 33.1. The van der Waals surface area contributed by atoms with Crippen molar-refractivity contribution in [3.05, 3.63) is 87.8 Å². The number of aliphatic hydroxyl groups excluding tert-OH is 4. The average Bonchev–Trinajstić information content (AvgIpc) is 3.23. The van der Waals surface area contributed by atoms with E-state index in [2.05, 4.69) is 10.6 Å². The maximum atomic E-state index is 13.1. The number of nitro benzene ring substituents is 1. The third-order valence-electron chi connectivity index (χ3n) is 10.3. The molecule has 1 saturated carbocycles. The van der Waals surface area contributed by atoms with Crippen LogP contribution < -0.4 is 25.3 Å². The van der Waals surface area contributed by atoms with Crippen molar-refractivity contribution in [2.75, 3.05) is 43.1 Å². The quantitative estimate of drug-likeness (QED) is 0.0161. The number of amides is 2. The molecule has 3 aromatic carbocycles. The summed E-state index contributed by atoms with van der Waals surface area (Å²) < 4.78 is 82.5. The number of carbonyl (C=O) groups excluding carboxylic acids is 2. The first kappa shape index (κ1) is 46.6. The summed E-state index contributed by atoms with van der Waals surface area (Å²) in [6, 6.07) is 17.1. The fourth-order valence-electron chi connectivity index (χ4n) is 7.17. The lowest BCUT2D eigenvalue weighted by Crippen LogP contribution is -2.56. The summed E-state index contributed by atoms with van der Waals surface area (Å²) in [7, 11) is -8.52. The van der Waals surface area contributed by atoms with Gasteiger partial charge in [0.05, 0.1) is 34.3 Å². The van der Waals surface area contributed by atoms with Gasteiger partial charge in [0.25, 0.3) is 20.2 Å². The summed E-state index contributed by atoms with van der Waals surface area (Å²) in [6.07, 6.45) is -6.99. The van der Waals surface area contributed by atoms with E-state index in [1.807, 2.05) is 0 Å². The molecule has 8 N–H and O–H groups in total. The van der Waals surface area contributed by atoms with Crippen molar-refractivity contribution in [2.45, 2.75) is 50.3 Å².